The van der Waals surface area contributed by atoms with Crippen molar-refractivity contribution in [1.82, 2.24) is 9.55 Å². The second-order valence-corrected chi connectivity index (χ2v) is 7.80. The fourth-order valence-electron chi connectivity index (χ4n) is 3.90. The highest BCUT2D eigenvalue weighted by Crippen LogP contribution is 2.38. The van der Waals surface area contributed by atoms with E-state index < -0.39 is 22.1 Å². The average molecular weight is 478 g/mol. The van der Waals surface area contributed by atoms with E-state index in [1.807, 2.05) is 0 Å². The van der Waals surface area contributed by atoms with Crippen molar-refractivity contribution in [2.45, 2.75) is 19.9 Å². The number of ether oxygens (including phenoxy) is 2. The first-order chi connectivity index (χ1) is 16.7. The standard InChI is InChI=1S/C24H22N4O7/c1-13-16(17-11-15(28(32)33)5-6-19(17)25-13)12-18-22(29)26-24(31)27(23(18)30)9-8-14-4-7-20(34-2)21(10-14)35-3/h4-7,10-12,30H,8-9H2,1-3H3,(H,26,29,31)/b16-12-. The van der Waals surface area contributed by atoms with Crippen LogP contribution in [0.3, 0.4) is 0 Å². The van der Waals surface area contributed by atoms with Crippen LogP contribution in [0.4, 0.5) is 11.4 Å². The maximum absolute atomic E-state index is 12.6. The number of methoxy groups -OCH3 is 2. The van der Waals surface area contributed by atoms with Crippen LogP contribution in [0.25, 0.3) is 11.6 Å². The summed E-state index contributed by atoms with van der Waals surface area (Å²) in [4.78, 5) is 42.3. The van der Waals surface area contributed by atoms with Crippen LogP contribution in [0, 0.1) is 10.1 Å². The molecule has 2 N–H and O–H groups in total. The number of nitro benzene ring substituents is 1. The molecule has 0 amide bonds. The second kappa shape index (κ2) is 9.29. The number of aliphatic imine (C=N–C) groups is 1. The Hall–Kier alpha value is -4.67. The van der Waals surface area contributed by atoms with E-state index >= 15 is 0 Å². The van der Waals surface area contributed by atoms with Crippen molar-refractivity contribution in [2.24, 2.45) is 4.99 Å². The Balaban J connectivity index is 1.72. The SMILES string of the molecule is COc1ccc(CCn2c(O)c(/C=C3/C(C)=Nc4ccc([N+](=O)[O-])cc43)c(=O)[nH]c2=O)cc1OC. The normalized spacial score (nSPS) is 13.5. The topological polar surface area (TPSA) is 149 Å². The van der Waals surface area contributed by atoms with Gasteiger partial charge in [0.1, 0.15) is 5.56 Å². The molecule has 3 aromatic rings. The molecule has 0 unspecified atom stereocenters. The lowest BCUT2D eigenvalue weighted by atomic mass is 10.0. The Bertz CT molecular complexity index is 1520. The highest BCUT2D eigenvalue weighted by atomic mass is 16.6. The first-order valence-corrected chi connectivity index (χ1v) is 10.6. The maximum atomic E-state index is 12.6. The van der Waals surface area contributed by atoms with Gasteiger partial charge in [0.25, 0.3) is 11.2 Å². The first kappa shape index (κ1) is 23.5. The third kappa shape index (κ3) is 4.43. The Morgan fingerprint density at radius 1 is 1.14 bits per heavy atom. The van der Waals surface area contributed by atoms with Crippen molar-refractivity contribution in [3.8, 4) is 17.4 Å². The highest BCUT2D eigenvalue weighted by Gasteiger charge is 2.23. The molecule has 0 saturated heterocycles. The van der Waals surface area contributed by atoms with Gasteiger partial charge in [0, 0.05) is 35.5 Å². The van der Waals surface area contributed by atoms with E-state index in [0.29, 0.717) is 40.5 Å². The molecule has 0 bridgehead atoms. The van der Waals surface area contributed by atoms with Crippen LogP contribution in [0.1, 0.15) is 23.6 Å². The van der Waals surface area contributed by atoms with Crippen LogP contribution in [-0.4, -0.2) is 39.5 Å². The van der Waals surface area contributed by atoms with Crippen LogP contribution in [0.2, 0.25) is 0 Å². The Morgan fingerprint density at radius 3 is 2.57 bits per heavy atom. The number of nitrogens with zero attached hydrogens (tertiary/aromatic N) is 3. The molecular formula is C24H22N4O7. The molecule has 2 heterocycles. The number of aromatic nitrogens is 2. The maximum Gasteiger partial charge on any atom is 0.331 e. The van der Waals surface area contributed by atoms with Gasteiger partial charge in [0.15, 0.2) is 11.5 Å². The fraction of sp³-hybridized carbons (Fsp3) is 0.208. The predicted molar refractivity (Wildman–Crippen MR) is 130 cm³/mol. The van der Waals surface area contributed by atoms with Gasteiger partial charge in [-0.3, -0.25) is 29.5 Å². The molecule has 0 aliphatic carbocycles. The summed E-state index contributed by atoms with van der Waals surface area (Å²) in [6.45, 7) is 1.76. The summed E-state index contributed by atoms with van der Waals surface area (Å²) in [6.07, 6.45) is 1.74. The van der Waals surface area contributed by atoms with Crippen molar-refractivity contribution in [2.75, 3.05) is 14.2 Å². The minimum Gasteiger partial charge on any atom is -0.494 e. The molecule has 180 valence electrons. The molecule has 11 nitrogen and oxygen atoms in total. The summed E-state index contributed by atoms with van der Waals surface area (Å²) in [5.74, 6) is 0.568. The number of rotatable bonds is 7. The van der Waals surface area contributed by atoms with Crippen LogP contribution >= 0.6 is 0 Å². The van der Waals surface area contributed by atoms with E-state index in [9.17, 15) is 24.8 Å². The van der Waals surface area contributed by atoms with Gasteiger partial charge in [-0.15, -0.1) is 0 Å². The van der Waals surface area contributed by atoms with Crippen LogP contribution in [0.15, 0.2) is 51.0 Å². The summed E-state index contributed by atoms with van der Waals surface area (Å²) < 4.78 is 11.6. The Morgan fingerprint density at radius 2 is 1.89 bits per heavy atom. The number of nitrogens with one attached hydrogen (secondary N) is 1. The van der Waals surface area contributed by atoms with Gasteiger partial charge in [-0.1, -0.05) is 6.07 Å². The van der Waals surface area contributed by atoms with Gasteiger partial charge in [-0.05, 0) is 43.2 Å². The molecule has 1 aliphatic heterocycles. The predicted octanol–water partition coefficient (Wildman–Crippen LogP) is 3.06. The lowest BCUT2D eigenvalue weighted by Crippen LogP contribution is -2.32. The molecule has 1 aliphatic rings. The number of aromatic hydroxyl groups is 1. The lowest BCUT2D eigenvalue weighted by molar-refractivity contribution is -0.384. The molecule has 2 aromatic carbocycles. The number of benzene rings is 2. The van der Waals surface area contributed by atoms with Crippen molar-refractivity contribution in [3.05, 3.63) is 84.0 Å². The summed E-state index contributed by atoms with van der Waals surface area (Å²) in [6, 6.07) is 9.53. The third-order valence-electron chi connectivity index (χ3n) is 5.73. The van der Waals surface area contributed by atoms with Gasteiger partial charge in [-0.2, -0.15) is 0 Å². The Kier molecular flexibility index (Phi) is 6.24. The third-order valence-corrected chi connectivity index (χ3v) is 5.73. The second-order valence-electron chi connectivity index (χ2n) is 7.80. The van der Waals surface area contributed by atoms with E-state index in [2.05, 4.69) is 9.98 Å². The summed E-state index contributed by atoms with van der Waals surface area (Å²) >= 11 is 0. The van der Waals surface area contributed by atoms with Gasteiger partial charge in [0.2, 0.25) is 5.88 Å². The van der Waals surface area contributed by atoms with Gasteiger partial charge in [-0.25, -0.2) is 4.79 Å². The summed E-state index contributed by atoms with van der Waals surface area (Å²) in [5.41, 5.74) is 0.920. The van der Waals surface area contributed by atoms with Gasteiger partial charge >= 0.3 is 5.69 Å². The van der Waals surface area contributed by atoms with Gasteiger partial charge in [0.05, 0.1) is 24.8 Å². The molecular weight excluding hydrogens is 456 g/mol. The van der Waals surface area contributed by atoms with Crippen LogP contribution in [0.5, 0.6) is 17.4 Å². The molecule has 35 heavy (non-hydrogen) atoms. The van der Waals surface area contributed by atoms with Crippen LogP contribution < -0.4 is 20.7 Å². The van der Waals surface area contributed by atoms with E-state index in [0.717, 1.165) is 10.1 Å². The number of hydrogen-bond donors (Lipinski definition) is 2. The van der Waals surface area contributed by atoms with Crippen molar-refractivity contribution in [3.63, 3.8) is 0 Å². The van der Waals surface area contributed by atoms with E-state index in [1.165, 1.54) is 38.5 Å². The minimum atomic E-state index is -0.783. The zero-order valence-corrected chi connectivity index (χ0v) is 19.2. The van der Waals surface area contributed by atoms with Crippen LogP contribution in [-0.2, 0) is 13.0 Å². The molecule has 4 rings (SSSR count). The zero-order chi connectivity index (χ0) is 25.3. The molecule has 0 saturated carbocycles. The fourth-order valence-corrected chi connectivity index (χ4v) is 3.90. The minimum absolute atomic E-state index is 0.0717. The average Bonchev–Trinajstić information content (AvgIpc) is 3.15. The molecule has 0 radical (unpaired) electrons. The quantitative estimate of drug-likeness (QED) is 0.391. The molecule has 0 spiro atoms. The molecule has 0 fully saturated rings. The van der Waals surface area contributed by atoms with E-state index in [4.69, 9.17) is 9.47 Å². The Labute approximate surface area is 198 Å². The monoisotopic (exact) mass is 478 g/mol. The lowest BCUT2D eigenvalue weighted by Gasteiger charge is -2.12. The number of allylic oxidation sites excluding steroid dienone is 1. The van der Waals surface area contributed by atoms with Crippen molar-refractivity contribution < 1.29 is 19.5 Å². The van der Waals surface area contributed by atoms with Crippen molar-refractivity contribution >= 4 is 28.7 Å². The first-order valence-electron chi connectivity index (χ1n) is 10.6. The number of non-ortho nitro benzene ring substituents is 1. The van der Waals surface area contributed by atoms with Crippen molar-refractivity contribution in [1.29, 1.82) is 0 Å². The molecule has 1 aromatic heterocycles. The molecule has 0 atom stereocenters. The smallest absolute Gasteiger partial charge is 0.331 e. The molecule has 11 heteroatoms. The van der Waals surface area contributed by atoms with E-state index in [-0.39, 0.29) is 17.8 Å². The number of H-pyrrole nitrogens is 1. The summed E-state index contributed by atoms with van der Waals surface area (Å²) in [5, 5.41) is 22.1. The zero-order valence-electron chi connectivity index (χ0n) is 19.2. The van der Waals surface area contributed by atoms with Gasteiger partial charge < -0.3 is 14.6 Å². The highest BCUT2D eigenvalue weighted by molar-refractivity contribution is 6.31. The van der Waals surface area contributed by atoms with E-state index in [1.54, 1.807) is 25.1 Å². The largest absolute Gasteiger partial charge is 0.494 e. The number of fused-ring (bicyclic) bond motifs is 1. The summed E-state index contributed by atoms with van der Waals surface area (Å²) in [7, 11) is 3.04. The number of aromatic amines is 1. The number of hydrogen-bond acceptors (Lipinski definition) is 8. The number of aryl methyl sites for hydroxylation is 1. The number of nitro groups is 1.